The van der Waals surface area contributed by atoms with E-state index in [0.717, 1.165) is 29.8 Å². The van der Waals surface area contributed by atoms with Gasteiger partial charge in [0, 0.05) is 49.9 Å². The first-order valence-corrected chi connectivity index (χ1v) is 6.76. The summed E-state index contributed by atoms with van der Waals surface area (Å²) >= 11 is 0. The third-order valence-corrected chi connectivity index (χ3v) is 3.89. The molecule has 20 heavy (non-hydrogen) atoms. The maximum Gasteiger partial charge on any atom is 0.0998 e. The normalized spacial score (nSPS) is 19.0. The van der Waals surface area contributed by atoms with Crippen LogP contribution in [0.25, 0.3) is 5.57 Å². The highest BCUT2D eigenvalue weighted by Crippen LogP contribution is 2.37. The average molecular weight is 268 g/mol. The summed E-state index contributed by atoms with van der Waals surface area (Å²) in [6.45, 7) is 3.25. The number of hydrogen-bond donors (Lipinski definition) is 1. The molecule has 1 atom stereocenters. The largest absolute Gasteiger partial charge is 0.404 e. The summed E-state index contributed by atoms with van der Waals surface area (Å²) in [5, 5.41) is 9.40. The molecule has 1 aliphatic heterocycles. The Morgan fingerprint density at radius 3 is 2.90 bits per heavy atom. The summed E-state index contributed by atoms with van der Waals surface area (Å²) in [4.78, 5) is 6.22. The Morgan fingerprint density at radius 1 is 1.55 bits per heavy atom. The van der Waals surface area contributed by atoms with E-state index in [9.17, 15) is 5.26 Å². The third-order valence-electron chi connectivity index (χ3n) is 3.89. The molecule has 0 aromatic heterocycles. The SMILES string of the molecule is CN=CC(=CN)c1cc2c(cc1C#N)N(C)CC[C@H]2C. The van der Waals surface area contributed by atoms with Gasteiger partial charge >= 0.3 is 0 Å². The van der Waals surface area contributed by atoms with Gasteiger partial charge in [0.25, 0.3) is 0 Å². The first-order chi connectivity index (χ1) is 9.62. The molecule has 0 saturated heterocycles. The second-order valence-corrected chi connectivity index (χ2v) is 5.19. The van der Waals surface area contributed by atoms with Crippen molar-refractivity contribution in [2.75, 3.05) is 25.5 Å². The van der Waals surface area contributed by atoms with Crippen molar-refractivity contribution in [3.05, 3.63) is 35.0 Å². The maximum atomic E-state index is 9.40. The summed E-state index contributed by atoms with van der Waals surface area (Å²) in [7, 11) is 3.77. The molecule has 0 saturated carbocycles. The molecule has 0 aliphatic carbocycles. The van der Waals surface area contributed by atoms with E-state index in [1.807, 2.05) is 6.07 Å². The number of nitriles is 1. The lowest BCUT2D eigenvalue weighted by atomic mass is 9.87. The van der Waals surface area contributed by atoms with E-state index >= 15 is 0 Å². The smallest absolute Gasteiger partial charge is 0.0998 e. The fourth-order valence-corrected chi connectivity index (χ4v) is 2.67. The summed E-state index contributed by atoms with van der Waals surface area (Å²) < 4.78 is 0. The molecule has 0 fully saturated rings. The van der Waals surface area contributed by atoms with Gasteiger partial charge in [-0.15, -0.1) is 0 Å². The van der Waals surface area contributed by atoms with E-state index in [2.05, 4.69) is 36.0 Å². The van der Waals surface area contributed by atoms with Crippen LogP contribution in [0.1, 0.15) is 36.0 Å². The van der Waals surface area contributed by atoms with E-state index in [1.54, 1.807) is 13.3 Å². The molecule has 1 aromatic rings. The van der Waals surface area contributed by atoms with Gasteiger partial charge in [-0.05, 0) is 30.0 Å². The summed E-state index contributed by atoms with van der Waals surface area (Å²) in [5.41, 5.74) is 10.4. The van der Waals surface area contributed by atoms with Gasteiger partial charge in [0.1, 0.15) is 0 Å². The molecule has 0 radical (unpaired) electrons. The molecule has 2 rings (SSSR count). The molecule has 0 bridgehead atoms. The lowest BCUT2D eigenvalue weighted by Gasteiger charge is -2.32. The molecule has 1 heterocycles. The molecule has 1 aliphatic rings. The van der Waals surface area contributed by atoms with E-state index in [0.29, 0.717) is 11.5 Å². The lowest BCUT2D eigenvalue weighted by molar-refractivity contribution is 0.637. The van der Waals surface area contributed by atoms with Gasteiger partial charge in [0.2, 0.25) is 0 Å². The number of hydrogen-bond acceptors (Lipinski definition) is 4. The highest BCUT2D eigenvalue weighted by Gasteiger charge is 2.22. The molecule has 104 valence electrons. The number of benzene rings is 1. The first kappa shape index (κ1) is 14.1. The van der Waals surface area contributed by atoms with Crippen LogP contribution in [0, 0.1) is 11.3 Å². The Hall–Kier alpha value is -2.28. The minimum absolute atomic E-state index is 0.491. The second kappa shape index (κ2) is 5.79. The Morgan fingerprint density at radius 2 is 2.30 bits per heavy atom. The van der Waals surface area contributed by atoms with Crippen LogP contribution in [0.3, 0.4) is 0 Å². The van der Waals surface area contributed by atoms with Gasteiger partial charge in [0.15, 0.2) is 0 Å². The average Bonchev–Trinajstić information content (AvgIpc) is 2.47. The van der Waals surface area contributed by atoms with Crippen LogP contribution in [0.4, 0.5) is 5.69 Å². The van der Waals surface area contributed by atoms with Crippen molar-refractivity contribution >= 4 is 17.5 Å². The molecule has 4 heteroatoms. The standard InChI is InChI=1S/C16H20N4/c1-11-4-5-20(3)16-6-12(8-17)15(7-14(11)16)13(9-18)10-19-2/h6-7,9-11H,4-5,18H2,1-3H3/t11-/m1/s1. The highest BCUT2D eigenvalue weighted by atomic mass is 15.1. The fraction of sp³-hybridized carbons (Fsp3) is 0.375. The molecule has 4 nitrogen and oxygen atoms in total. The topological polar surface area (TPSA) is 65.4 Å². The van der Waals surface area contributed by atoms with Gasteiger partial charge in [0.05, 0.1) is 11.6 Å². The monoisotopic (exact) mass is 268 g/mol. The van der Waals surface area contributed by atoms with Crippen molar-refractivity contribution in [2.24, 2.45) is 10.7 Å². The highest BCUT2D eigenvalue weighted by molar-refractivity contribution is 6.10. The van der Waals surface area contributed by atoms with Gasteiger partial charge in [-0.2, -0.15) is 5.26 Å². The van der Waals surface area contributed by atoms with Crippen LogP contribution in [0.15, 0.2) is 23.3 Å². The quantitative estimate of drug-likeness (QED) is 0.838. The van der Waals surface area contributed by atoms with E-state index in [4.69, 9.17) is 5.73 Å². The van der Waals surface area contributed by atoms with Crippen molar-refractivity contribution in [3.63, 3.8) is 0 Å². The summed E-state index contributed by atoms with van der Waals surface area (Å²) in [6.07, 6.45) is 4.32. The number of fused-ring (bicyclic) bond motifs is 1. The van der Waals surface area contributed by atoms with Crippen LogP contribution in [0.5, 0.6) is 0 Å². The molecule has 0 amide bonds. The van der Waals surface area contributed by atoms with E-state index < -0.39 is 0 Å². The third kappa shape index (κ3) is 2.39. The van der Waals surface area contributed by atoms with Crippen LogP contribution >= 0.6 is 0 Å². The number of aliphatic imine (C=N–C) groups is 1. The Kier molecular flexibility index (Phi) is 4.09. The maximum absolute atomic E-state index is 9.40. The molecular weight excluding hydrogens is 248 g/mol. The molecular formula is C16H20N4. The predicted octanol–water partition coefficient (Wildman–Crippen LogP) is 2.50. The zero-order chi connectivity index (χ0) is 14.7. The number of nitrogens with two attached hydrogens (primary N) is 1. The summed E-state index contributed by atoms with van der Waals surface area (Å²) in [5.74, 6) is 0.491. The predicted molar refractivity (Wildman–Crippen MR) is 84.0 cm³/mol. The zero-order valence-corrected chi connectivity index (χ0v) is 12.2. The Labute approximate surface area is 120 Å². The van der Waals surface area contributed by atoms with E-state index in [1.165, 1.54) is 11.8 Å². The van der Waals surface area contributed by atoms with Crippen molar-refractivity contribution in [1.29, 1.82) is 5.26 Å². The number of allylic oxidation sites excluding steroid dienone is 1. The minimum Gasteiger partial charge on any atom is -0.404 e. The van der Waals surface area contributed by atoms with Gasteiger partial charge in [-0.3, -0.25) is 4.99 Å². The molecule has 1 aromatic carbocycles. The second-order valence-electron chi connectivity index (χ2n) is 5.19. The zero-order valence-electron chi connectivity index (χ0n) is 12.2. The number of anilines is 1. The Balaban J connectivity index is 2.65. The lowest BCUT2D eigenvalue weighted by Crippen LogP contribution is -2.26. The number of nitrogens with zero attached hydrogens (tertiary/aromatic N) is 3. The van der Waals surface area contributed by atoms with Crippen molar-refractivity contribution in [1.82, 2.24) is 0 Å². The van der Waals surface area contributed by atoms with Crippen LogP contribution in [0.2, 0.25) is 0 Å². The van der Waals surface area contributed by atoms with Crippen molar-refractivity contribution in [2.45, 2.75) is 19.3 Å². The van der Waals surface area contributed by atoms with Gasteiger partial charge in [-0.25, -0.2) is 0 Å². The van der Waals surface area contributed by atoms with Crippen molar-refractivity contribution in [3.8, 4) is 6.07 Å². The number of rotatable bonds is 2. The van der Waals surface area contributed by atoms with Gasteiger partial charge in [-0.1, -0.05) is 6.92 Å². The molecule has 2 N–H and O–H groups in total. The van der Waals surface area contributed by atoms with Gasteiger partial charge < -0.3 is 10.6 Å². The minimum atomic E-state index is 0.491. The van der Waals surface area contributed by atoms with Crippen LogP contribution < -0.4 is 10.6 Å². The first-order valence-electron chi connectivity index (χ1n) is 6.76. The Bertz CT molecular complexity index is 608. The molecule has 0 spiro atoms. The fourth-order valence-electron chi connectivity index (χ4n) is 2.67. The van der Waals surface area contributed by atoms with Crippen LogP contribution in [-0.2, 0) is 0 Å². The molecule has 0 unspecified atom stereocenters. The van der Waals surface area contributed by atoms with Crippen LogP contribution in [-0.4, -0.2) is 26.9 Å². The summed E-state index contributed by atoms with van der Waals surface area (Å²) in [6, 6.07) is 6.33. The van der Waals surface area contributed by atoms with E-state index in [-0.39, 0.29) is 0 Å². The van der Waals surface area contributed by atoms with Crippen molar-refractivity contribution < 1.29 is 0 Å².